The molecule has 46 heavy (non-hydrogen) atoms. The van der Waals surface area contributed by atoms with Gasteiger partial charge in [-0.3, -0.25) is 0 Å². The first kappa shape index (κ1) is 30.8. The van der Waals surface area contributed by atoms with Gasteiger partial charge in [-0.2, -0.15) is 0 Å². The Kier molecular flexibility index (Phi) is 9.01. The van der Waals surface area contributed by atoms with Crippen molar-refractivity contribution in [2.75, 3.05) is 0 Å². The molecule has 0 spiro atoms. The van der Waals surface area contributed by atoms with Crippen LogP contribution in [0.25, 0.3) is 64.0 Å². The van der Waals surface area contributed by atoms with E-state index in [1.165, 1.54) is 83.4 Å². The van der Waals surface area contributed by atoms with Crippen LogP contribution in [0.1, 0.15) is 76.3 Å². The van der Waals surface area contributed by atoms with E-state index in [-0.39, 0.29) is 11.5 Å². The van der Waals surface area contributed by atoms with Crippen molar-refractivity contribution >= 4 is 65.8 Å². The van der Waals surface area contributed by atoms with Gasteiger partial charge in [-0.05, 0) is 129 Å². The van der Waals surface area contributed by atoms with Crippen molar-refractivity contribution in [1.82, 2.24) is 0 Å². The summed E-state index contributed by atoms with van der Waals surface area (Å²) in [5, 5.41) is 34.7. The molecule has 0 atom stereocenters. The molecule has 0 aliphatic carbocycles. The first-order chi connectivity index (χ1) is 22.5. The van der Waals surface area contributed by atoms with Crippen LogP contribution in [0.3, 0.4) is 0 Å². The van der Waals surface area contributed by atoms with Crippen molar-refractivity contribution in [3.63, 3.8) is 0 Å². The number of aromatic hydroxyl groups is 2. The van der Waals surface area contributed by atoms with Crippen LogP contribution in [0.2, 0.25) is 0 Å². The zero-order valence-corrected chi connectivity index (χ0v) is 28.5. The zero-order valence-electron chi connectivity index (χ0n) is 26.9. The number of rotatable bonds is 12. The highest BCUT2D eigenvalue weighted by atomic mass is 32.1. The van der Waals surface area contributed by atoms with E-state index in [0.717, 1.165) is 34.4 Å². The quantitative estimate of drug-likeness (QED) is 0.0791. The molecule has 0 bridgehead atoms. The molecule has 4 heteroatoms. The smallest absolute Gasteiger partial charge is 0.131 e. The Bertz CT molecular complexity index is 2010. The van der Waals surface area contributed by atoms with E-state index < -0.39 is 0 Å². The van der Waals surface area contributed by atoms with Crippen LogP contribution in [0.15, 0.2) is 83.6 Å². The van der Waals surface area contributed by atoms with Gasteiger partial charge in [0.2, 0.25) is 0 Å². The van der Waals surface area contributed by atoms with E-state index >= 15 is 0 Å². The molecule has 7 aromatic rings. The molecule has 0 fully saturated rings. The van der Waals surface area contributed by atoms with Gasteiger partial charge in [-0.15, -0.1) is 22.7 Å². The topological polar surface area (TPSA) is 40.5 Å². The lowest BCUT2D eigenvalue weighted by molar-refractivity contribution is 0.478. The summed E-state index contributed by atoms with van der Waals surface area (Å²) in [5.74, 6) is 0.440. The van der Waals surface area contributed by atoms with Crippen LogP contribution >= 0.6 is 22.7 Å². The minimum absolute atomic E-state index is 0.220. The second kappa shape index (κ2) is 13.5. The Morgan fingerprint density at radius 1 is 0.457 bits per heavy atom. The lowest BCUT2D eigenvalue weighted by Crippen LogP contribution is -1.85. The van der Waals surface area contributed by atoms with Crippen molar-refractivity contribution in [2.45, 2.75) is 78.1 Å². The first-order valence-electron chi connectivity index (χ1n) is 17.0. The van der Waals surface area contributed by atoms with Crippen LogP contribution in [-0.4, -0.2) is 10.2 Å². The lowest BCUT2D eigenvalue weighted by Gasteiger charge is -2.13. The molecule has 7 rings (SSSR count). The zero-order chi connectivity index (χ0) is 31.6. The second-order valence-electron chi connectivity index (χ2n) is 12.9. The van der Waals surface area contributed by atoms with Gasteiger partial charge >= 0.3 is 0 Å². The van der Waals surface area contributed by atoms with E-state index in [0.29, 0.717) is 21.5 Å². The van der Waals surface area contributed by atoms with Crippen molar-refractivity contribution in [3.05, 3.63) is 94.7 Å². The van der Waals surface area contributed by atoms with Gasteiger partial charge in [0.15, 0.2) is 0 Å². The summed E-state index contributed by atoms with van der Waals surface area (Å²) < 4.78 is 0. The first-order valence-corrected chi connectivity index (χ1v) is 18.7. The Labute approximate surface area is 280 Å². The predicted molar refractivity (Wildman–Crippen MR) is 202 cm³/mol. The van der Waals surface area contributed by atoms with Crippen molar-refractivity contribution < 1.29 is 10.2 Å². The van der Waals surface area contributed by atoms with Crippen LogP contribution in [-0.2, 0) is 12.8 Å². The van der Waals surface area contributed by atoms with Gasteiger partial charge in [0.05, 0.1) is 0 Å². The van der Waals surface area contributed by atoms with Crippen molar-refractivity contribution in [1.29, 1.82) is 0 Å². The highest BCUT2D eigenvalue weighted by Gasteiger charge is 2.16. The van der Waals surface area contributed by atoms with Crippen LogP contribution in [0.5, 0.6) is 11.5 Å². The molecule has 0 unspecified atom stereocenters. The third-order valence-electron chi connectivity index (χ3n) is 9.49. The molecule has 0 aliphatic rings. The van der Waals surface area contributed by atoms with E-state index in [1.807, 2.05) is 24.3 Å². The molecule has 0 saturated carbocycles. The van der Waals surface area contributed by atoms with Gasteiger partial charge in [0.1, 0.15) is 11.5 Å². The van der Waals surface area contributed by atoms with Crippen molar-refractivity contribution in [2.24, 2.45) is 0 Å². The normalized spacial score (nSPS) is 11.9. The van der Waals surface area contributed by atoms with Gasteiger partial charge in [0, 0.05) is 31.3 Å². The molecule has 2 heterocycles. The number of benzene rings is 5. The number of phenolic OH excluding ortho intramolecular Hbond substituents is 2. The lowest BCUT2D eigenvalue weighted by atomic mass is 9.94. The van der Waals surface area contributed by atoms with E-state index in [1.54, 1.807) is 22.7 Å². The summed E-state index contributed by atoms with van der Waals surface area (Å²) in [5.41, 5.74) is 5.22. The molecule has 234 valence electrons. The summed E-state index contributed by atoms with van der Waals surface area (Å²) in [6.45, 7) is 4.51. The number of aryl methyl sites for hydroxylation is 2. The van der Waals surface area contributed by atoms with E-state index in [9.17, 15) is 10.2 Å². The minimum atomic E-state index is 0.220. The number of thiophene rings is 2. The monoisotopic (exact) mass is 642 g/mol. The Morgan fingerprint density at radius 2 is 0.870 bits per heavy atom. The molecule has 2 nitrogen and oxygen atoms in total. The summed E-state index contributed by atoms with van der Waals surface area (Å²) in [4.78, 5) is 2.55. The van der Waals surface area contributed by atoms with Crippen LogP contribution in [0, 0.1) is 0 Å². The van der Waals surface area contributed by atoms with E-state index in [2.05, 4.69) is 73.1 Å². The van der Waals surface area contributed by atoms with E-state index in [4.69, 9.17) is 0 Å². The summed E-state index contributed by atoms with van der Waals surface area (Å²) in [7, 11) is 0. The molecule has 0 aliphatic heterocycles. The molecular weight excluding hydrogens is 601 g/mol. The van der Waals surface area contributed by atoms with Gasteiger partial charge < -0.3 is 10.2 Å². The average Bonchev–Trinajstić information content (AvgIpc) is 3.76. The fraction of sp³-hybridized carbons (Fsp3) is 0.286. The molecular formula is C42H42O2S2. The Balaban J connectivity index is 1.22. The van der Waals surface area contributed by atoms with Gasteiger partial charge in [-0.1, -0.05) is 76.6 Å². The summed E-state index contributed by atoms with van der Waals surface area (Å²) in [6.07, 6.45) is 12.5. The molecule has 0 saturated heterocycles. The number of fused-ring (bicyclic) bond motifs is 4. The standard InChI is InChI=1S/C42H42O2S2/c1-3-5-7-9-11-27-17-39(45-25-27)31-15-13-29-21-35-37(23-33(29)19-31)41(43)36-22-30-14-16-32(20-34(30)24-38(36)42(35)44)40-18-28(26-46-40)12-10-8-6-4-2/h13-26,43-44H,3-12H2,1-2H3. The van der Waals surface area contributed by atoms with Gasteiger partial charge in [-0.25, -0.2) is 0 Å². The maximum Gasteiger partial charge on any atom is 0.131 e. The number of phenols is 2. The SMILES string of the molecule is CCCCCCc1csc(-c2ccc3cc4c(O)c5cc6cc(-c7cc(CCCCCC)cs7)ccc6cc5c(O)c4cc3c2)c1. The van der Waals surface area contributed by atoms with Crippen molar-refractivity contribution in [3.8, 4) is 32.4 Å². The maximum atomic E-state index is 11.6. The average molecular weight is 643 g/mol. The van der Waals surface area contributed by atoms with Crippen LogP contribution < -0.4 is 0 Å². The molecule has 5 aromatic carbocycles. The summed E-state index contributed by atoms with van der Waals surface area (Å²) in [6, 6.07) is 25.8. The Morgan fingerprint density at radius 3 is 1.28 bits per heavy atom. The number of hydrogen-bond donors (Lipinski definition) is 2. The third-order valence-corrected chi connectivity index (χ3v) is 11.5. The predicted octanol–water partition coefficient (Wildman–Crippen LogP) is 13.4. The second-order valence-corrected chi connectivity index (χ2v) is 14.7. The number of hydrogen-bond acceptors (Lipinski definition) is 4. The molecule has 2 aromatic heterocycles. The minimum Gasteiger partial charge on any atom is -0.507 e. The fourth-order valence-corrected chi connectivity index (χ4v) is 8.70. The molecule has 0 amide bonds. The highest BCUT2D eigenvalue weighted by molar-refractivity contribution is 7.14. The third kappa shape index (κ3) is 6.13. The fourth-order valence-electron chi connectivity index (χ4n) is 6.80. The van der Waals surface area contributed by atoms with Gasteiger partial charge in [0.25, 0.3) is 0 Å². The largest absolute Gasteiger partial charge is 0.507 e. The number of unbranched alkanes of at least 4 members (excludes halogenated alkanes) is 6. The maximum absolute atomic E-state index is 11.6. The molecule has 0 radical (unpaired) electrons. The highest BCUT2D eigenvalue weighted by Crippen LogP contribution is 2.45. The van der Waals surface area contributed by atoms with Crippen LogP contribution in [0.4, 0.5) is 0 Å². The summed E-state index contributed by atoms with van der Waals surface area (Å²) >= 11 is 3.61. The molecule has 2 N–H and O–H groups in total. The Hall–Kier alpha value is -3.86.